The Bertz CT molecular complexity index is 236. The molecule has 1 aromatic rings. The van der Waals surface area contributed by atoms with Crippen molar-refractivity contribution in [2.45, 2.75) is 32.9 Å². The van der Waals surface area contributed by atoms with E-state index in [4.69, 9.17) is 0 Å². The molecule has 0 aromatic carbocycles. The Balaban J connectivity index is 2.89. The first kappa shape index (κ1) is 8.65. The standard InChI is InChI=1S/C8H12FNS/c1-4-6-5-7(11-10-6)8(2,3)9/h5H,4H2,1-3H3. The Hall–Kier alpha value is -0.440. The number of aryl methyl sites for hydroxylation is 1. The Morgan fingerprint density at radius 1 is 1.64 bits per heavy atom. The van der Waals surface area contributed by atoms with Gasteiger partial charge in [-0.25, -0.2) is 4.39 Å². The summed E-state index contributed by atoms with van der Waals surface area (Å²) >= 11 is 1.26. The van der Waals surface area contributed by atoms with Crippen LogP contribution < -0.4 is 0 Å². The lowest BCUT2D eigenvalue weighted by Gasteiger charge is -2.08. The van der Waals surface area contributed by atoms with E-state index in [2.05, 4.69) is 4.37 Å². The number of alkyl halides is 1. The average molecular weight is 173 g/mol. The van der Waals surface area contributed by atoms with Crippen molar-refractivity contribution >= 4 is 11.5 Å². The third kappa shape index (κ3) is 1.99. The van der Waals surface area contributed by atoms with Crippen molar-refractivity contribution in [2.24, 2.45) is 0 Å². The molecule has 0 bridgehead atoms. The molecule has 1 heterocycles. The summed E-state index contributed by atoms with van der Waals surface area (Å²) in [5.74, 6) is 0. The third-order valence-electron chi connectivity index (χ3n) is 1.51. The van der Waals surface area contributed by atoms with E-state index in [1.54, 1.807) is 13.8 Å². The summed E-state index contributed by atoms with van der Waals surface area (Å²) in [6, 6.07) is 1.84. The van der Waals surface area contributed by atoms with Crippen molar-refractivity contribution in [1.82, 2.24) is 4.37 Å². The molecule has 1 nitrogen and oxygen atoms in total. The lowest BCUT2D eigenvalue weighted by atomic mass is 10.1. The van der Waals surface area contributed by atoms with Crippen LogP contribution in [-0.2, 0) is 12.1 Å². The van der Waals surface area contributed by atoms with Gasteiger partial charge in [0, 0.05) is 0 Å². The van der Waals surface area contributed by atoms with Gasteiger partial charge >= 0.3 is 0 Å². The second kappa shape index (κ2) is 2.89. The molecule has 1 aromatic heterocycles. The number of aromatic nitrogens is 1. The van der Waals surface area contributed by atoms with Crippen molar-refractivity contribution in [3.05, 3.63) is 16.6 Å². The van der Waals surface area contributed by atoms with Crippen LogP contribution in [0.3, 0.4) is 0 Å². The summed E-state index contributed by atoms with van der Waals surface area (Å²) in [5, 5.41) is 0. The van der Waals surface area contributed by atoms with E-state index in [0.717, 1.165) is 12.1 Å². The second-order valence-electron chi connectivity index (χ2n) is 3.01. The number of halogens is 1. The van der Waals surface area contributed by atoms with E-state index >= 15 is 0 Å². The van der Waals surface area contributed by atoms with Crippen molar-refractivity contribution in [3.8, 4) is 0 Å². The van der Waals surface area contributed by atoms with Gasteiger partial charge in [-0.3, -0.25) is 0 Å². The SMILES string of the molecule is CCc1cc(C(C)(C)F)sn1. The normalized spacial score (nSPS) is 12.0. The quantitative estimate of drug-likeness (QED) is 0.670. The van der Waals surface area contributed by atoms with Gasteiger partial charge < -0.3 is 0 Å². The molecule has 0 saturated heterocycles. The van der Waals surface area contributed by atoms with Crippen molar-refractivity contribution in [3.63, 3.8) is 0 Å². The maximum Gasteiger partial charge on any atom is 0.141 e. The Morgan fingerprint density at radius 3 is 2.55 bits per heavy atom. The first-order valence-corrected chi connectivity index (χ1v) is 4.46. The first-order valence-electron chi connectivity index (χ1n) is 3.69. The molecule has 0 saturated carbocycles. The molecule has 0 aliphatic rings. The summed E-state index contributed by atoms with van der Waals surface area (Å²) in [7, 11) is 0. The fourth-order valence-electron chi connectivity index (χ4n) is 0.759. The predicted octanol–water partition coefficient (Wildman–Crippen LogP) is 2.91. The number of rotatable bonds is 2. The van der Waals surface area contributed by atoms with E-state index in [-0.39, 0.29) is 0 Å². The molecule has 62 valence electrons. The number of hydrogen-bond donors (Lipinski definition) is 0. The molecule has 0 amide bonds. The van der Waals surface area contributed by atoms with Gasteiger partial charge in [-0.1, -0.05) is 6.92 Å². The van der Waals surface area contributed by atoms with E-state index < -0.39 is 5.67 Å². The van der Waals surface area contributed by atoms with E-state index in [9.17, 15) is 4.39 Å². The van der Waals surface area contributed by atoms with Gasteiger partial charge in [0.2, 0.25) is 0 Å². The summed E-state index contributed by atoms with van der Waals surface area (Å²) in [5.41, 5.74) is -0.249. The molecule has 0 radical (unpaired) electrons. The lowest BCUT2D eigenvalue weighted by Crippen LogP contribution is -2.05. The zero-order chi connectivity index (χ0) is 8.48. The minimum absolute atomic E-state index is 0.717. The van der Waals surface area contributed by atoms with Crippen molar-refractivity contribution in [2.75, 3.05) is 0 Å². The Morgan fingerprint density at radius 2 is 2.27 bits per heavy atom. The highest BCUT2D eigenvalue weighted by Crippen LogP contribution is 2.28. The van der Waals surface area contributed by atoms with Crippen LogP contribution in [0.2, 0.25) is 0 Å². The number of nitrogens with zero attached hydrogens (tertiary/aromatic N) is 1. The summed E-state index contributed by atoms with van der Waals surface area (Å²) in [4.78, 5) is 0.717. The average Bonchev–Trinajstić information content (AvgIpc) is 2.32. The monoisotopic (exact) mass is 173 g/mol. The van der Waals surface area contributed by atoms with Gasteiger partial charge in [0.1, 0.15) is 5.67 Å². The van der Waals surface area contributed by atoms with Crippen molar-refractivity contribution < 1.29 is 4.39 Å². The van der Waals surface area contributed by atoms with Crippen LogP contribution in [0.4, 0.5) is 4.39 Å². The van der Waals surface area contributed by atoms with Crippen LogP contribution >= 0.6 is 11.5 Å². The zero-order valence-corrected chi connectivity index (χ0v) is 7.83. The topological polar surface area (TPSA) is 12.9 Å². The molecule has 0 unspecified atom stereocenters. The van der Waals surface area contributed by atoms with Crippen LogP contribution in [0.15, 0.2) is 6.07 Å². The van der Waals surface area contributed by atoms with Gasteiger partial charge in [-0.15, -0.1) is 0 Å². The smallest absolute Gasteiger partial charge is 0.141 e. The molecular weight excluding hydrogens is 161 g/mol. The predicted molar refractivity (Wildman–Crippen MR) is 45.6 cm³/mol. The molecule has 11 heavy (non-hydrogen) atoms. The lowest BCUT2D eigenvalue weighted by molar-refractivity contribution is 0.227. The van der Waals surface area contributed by atoms with Crippen LogP contribution in [0.1, 0.15) is 31.3 Å². The summed E-state index contributed by atoms with van der Waals surface area (Å²) in [6.45, 7) is 5.13. The van der Waals surface area contributed by atoms with Crippen LogP contribution in [0.25, 0.3) is 0 Å². The molecule has 0 aliphatic carbocycles. The fraction of sp³-hybridized carbons (Fsp3) is 0.625. The molecule has 0 fully saturated rings. The molecule has 0 N–H and O–H groups in total. The van der Waals surface area contributed by atoms with E-state index in [1.807, 2.05) is 13.0 Å². The number of hydrogen-bond acceptors (Lipinski definition) is 2. The van der Waals surface area contributed by atoms with Gasteiger partial charge in [-0.2, -0.15) is 4.37 Å². The fourth-order valence-corrected chi connectivity index (χ4v) is 1.56. The maximum absolute atomic E-state index is 13.2. The van der Waals surface area contributed by atoms with Gasteiger partial charge in [-0.05, 0) is 37.9 Å². The van der Waals surface area contributed by atoms with E-state index in [1.165, 1.54) is 11.5 Å². The highest BCUT2D eigenvalue weighted by atomic mass is 32.1. The summed E-state index contributed by atoms with van der Waals surface area (Å²) in [6.07, 6.45) is 0.882. The third-order valence-corrected chi connectivity index (χ3v) is 2.63. The van der Waals surface area contributed by atoms with Crippen LogP contribution in [-0.4, -0.2) is 4.37 Å². The maximum atomic E-state index is 13.2. The Kier molecular flexibility index (Phi) is 2.28. The highest BCUT2D eigenvalue weighted by Gasteiger charge is 2.21. The molecule has 0 aliphatic heterocycles. The van der Waals surface area contributed by atoms with Crippen LogP contribution in [0.5, 0.6) is 0 Å². The second-order valence-corrected chi connectivity index (χ2v) is 3.81. The highest BCUT2D eigenvalue weighted by molar-refractivity contribution is 7.06. The van der Waals surface area contributed by atoms with Gasteiger partial charge in [0.05, 0.1) is 10.6 Å². The molecular formula is C8H12FNS. The molecule has 1 rings (SSSR count). The first-order chi connectivity index (χ1) is 5.04. The molecule has 0 atom stereocenters. The summed E-state index contributed by atoms with van der Waals surface area (Å²) < 4.78 is 17.3. The molecule has 3 heteroatoms. The van der Waals surface area contributed by atoms with Gasteiger partial charge in [0.15, 0.2) is 0 Å². The largest absolute Gasteiger partial charge is 0.238 e. The molecule has 0 spiro atoms. The van der Waals surface area contributed by atoms with E-state index in [0.29, 0.717) is 4.88 Å². The zero-order valence-electron chi connectivity index (χ0n) is 7.02. The van der Waals surface area contributed by atoms with Crippen LogP contribution in [0, 0.1) is 0 Å². The van der Waals surface area contributed by atoms with Crippen molar-refractivity contribution in [1.29, 1.82) is 0 Å². The van der Waals surface area contributed by atoms with Gasteiger partial charge in [0.25, 0.3) is 0 Å². The minimum Gasteiger partial charge on any atom is -0.238 e. The Labute approximate surface area is 70.4 Å². The minimum atomic E-state index is -1.23.